The quantitative estimate of drug-likeness (QED) is 0.679. The zero-order valence-electron chi connectivity index (χ0n) is 17.7. The minimum Gasteiger partial charge on any atom is -0.491 e. The fourth-order valence-electron chi connectivity index (χ4n) is 4.03. The molecule has 6 nitrogen and oxygen atoms in total. The van der Waals surface area contributed by atoms with Gasteiger partial charge in [0, 0.05) is 19.5 Å². The zero-order valence-corrected chi connectivity index (χ0v) is 17.7. The third-order valence-corrected chi connectivity index (χ3v) is 5.99. The van der Waals surface area contributed by atoms with Gasteiger partial charge in [0.05, 0.1) is 23.9 Å². The fourth-order valence-corrected chi connectivity index (χ4v) is 4.03. The van der Waals surface area contributed by atoms with E-state index in [2.05, 4.69) is 11.9 Å². The number of amides is 1. The first kappa shape index (κ1) is 20.4. The summed E-state index contributed by atoms with van der Waals surface area (Å²) in [5, 5.41) is 11.0. The van der Waals surface area contributed by atoms with Crippen molar-refractivity contribution in [2.75, 3.05) is 19.7 Å². The predicted octanol–water partition coefficient (Wildman–Crippen LogP) is 3.48. The Morgan fingerprint density at radius 1 is 1.20 bits per heavy atom. The van der Waals surface area contributed by atoms with Crippen molar-refractivity contribution in [2.45, 2.75) is 45.3 Å². The van der Waals surface area contributed by atoms with E-state index < -0.39 is 5.60 Å². The molecule has 0 bridgehead atoms. The Kier molecular flexibility index (Phi) is 5.77. The van der Waals surface area contributed by atoms with Crippen LogP contribution in [-0.4, -0.2) is 50.8 Å². The molecule has 6 heteroatoms. The number of rotatable bonds is 6. The topological polar surface area (TPSA) is 67.6 Å². The summed E-state index contributed by atoms with van der Waals surface area (Å²) in [6, 6.07) is 13.8. The van der Waals surface area contributed by atoms with Gasteiger partial charge in [-0.1, -0.05) is 18.2 Å². The van der Waals surface area contributed by atoms with Gasteiger partial charge in [-0.05, 0) is 62.1 Å². The molecule has 4 rings (SSSR count). The number of hydrogen-bond acceptors (Lipinski definition) is 4. The number of ether oxygens (including phenoxy) is 1. The lowest BCUT2D eigenvalue weighted by molar-refractivity contribution is -0.140. The molecule has 1 aromatic heterocycles. The molecule has 1 amide bonds. The number of para-hydroxylation sites is 2. The average Bonchev–Trinajstić information content (AvgIpc) is 3.16. The number of aromatic nitrogens is 2. The zero-order chi connectivity index (χ0) is 21.1. The second-order valence-corrected chi connectivity index (χ2v) is 8.35. The standard InChI is InChI=1S/C24H29N3O3/c1-18-8-9-20(14-19(18)2)30-16-24(29)11-5-12-26(15-24)23(28)10-13-27-17-25-21-6-3-4-7-22(21)27/h3-4,6-9,14,17,29H,5,10-13,15-16H2,1-2H3. The fraction of sp³-hybridized carbons (Fsp3) is 0.417. The minimum atomic E-state index is -1.02. The molecule has 1 aliphatic heterocycles. The maximum atomic E-state index is 12.8. The molecule has 158 valence electrons. The number of aliphatic hydroxyl groups is 1. The summed E-state index contributed by atoms with van der Waals surface area (Å²) in [4.78, 5) is 19.0. The SMILES string of the molecule is Cc1ccc(OCC2(O)CCCN(C(=O)CCn3cnc4ccccc43)C2)cc1C. The lowest BCUT2D eigenvalue weighted by atomic mass is 9.93. The lowest BCUT2D eigenvalue weighted by Gasteiger charge is -2.39. The Morgan fingerprint density at radius 3 is 2.87 bits per heavy atom. The highest BCUT2D eigenvalue weighted by molar-refractivity contribution is 5.77. The Bertz CT molecular complexity index is 1050. The Morgan fingerprint density at radius 2 is 2.03 bits per heavy atom. The van der Waals surface area contributed by atoms with Crippen LogP contribution in [0.5, 0.6) is 5.75 Å². The molecule has 1 atom stereocenters. The Hall–Kier alpha value is -2.86. The summed E-state index contributed by atoms with van der Waals surface area (Å²) in [5.41, 5.74) is 3.31. The summed E-state index contributed by atoms with van der Waals surface area (Å²) >= 11 is 0. The van der Waals surface area contributed by atoms with Crippen LogP contribution in [-0.2, 0) is 11.3 Å². The molecule has 30 heavy (non-hydrogen) atoms. The third-order valence-electron chi connectivity index (χ3n) is 5.99. The number of likely N-dealkylation sites (tertiary alicyclic amines) is 1. The minimum absolute atomic E-state index is 0.0529. The maximum absolute atomic E-state index is 12.8. The highest BCUT2D eigenvalue weighted by Gasteiger charge is 2.36. The van der Waals surface area contributed by atoms with Crippen molar-refractivity contribution >= 4 is 16.9 Å². The van der Waals surface area contributed by atoms with E-state index in [1.54, 1.807) is 11.2 Å². The number of β-amino-alcohol motifs (C(OH)–C–C–N with tert-alkyl or cyclic N) is 1. The predicted molar refractivity (Wildman–Crippen MR) is 117 cm³/mol. The van der Waals surface area contributed by atoms with Gasteiger partial charge in [0.25, 0.3) is 0 Å². The number of aryl methyl sites for hydroxylation is 3. The first-order chi connectivity index (χ1) is 14.4. The van der Waals surface area contributed by atoms with E-state index in [0.29, 0.717) is 32.5 Å². The van der Waals surface area contributed by atoms with E-state index in [4.69, 9.17) is 4.74 Å². The van der Waals surface area contributed by atoms with Crippen LogP contribution >= 0.6 is 0 Å². The first-order valence-electron chi connectivity index (χ1n) is 10.5. The van der Waals surface area contributed by atoms with E-state index in [1.807, 2.05) is 54.0 Å². The van der Waals surface area contributed by atoms with E-state index in [-0.39, 0.29) is 12.5 Å². The molecule has 3 aromatic rings. The number of benzene rings is 2. The number of nitrogens with zero attached hydrogens (tertiary/aromatic N) is 3. The Balaban J connectivity index is 1.34. The second-order valence-electron chi connectivity index (χ2n) is 8.35. The summed E-state index contributed by atoms with van der Waals surface area (Å²) in [6.45, 7) is 5.85. The van der Waals surface area contributed by atoms with E-state index in [9.17, 15) is 9.90 Å². The monoisotopic (exact) mass is 407 g/mol. The molecular weight excluding hydrogens is 378 g/mol. The molecule has 0 radical (unpaired) electrons. The number of fused-ring (bicyclic) bond motifs is 1. The van der Waals surface area contributed by atoms with Gasteiger partial charge in [-0.15, -0.1) is 0 Å². The van der Waals surface area contributed by atoms with Crippen LogP contribution in [0.2, 0.25) is 0 Å². The second kappa shape index (κ2) is 8.48. The largest absolute Gasteiger partial charge is 0.491 e. The van der Waals surface area contributed by atoms with Gasteiger partial charge < -0.3 is 19.3 Å². The van der Waals surface area contributed by atoms with Gasteiger partial charge in [0.15, 0.2) is 0 Å². The molecular formula is C24H29N3O3. The van der Waals surface area contributed by atoms with Crippen LogP contribution in [0.25, 0.3) is 11.0 Å². The van der Waals surface area contributed by atoms with Gasteiger partial charge in [-0.25, -0.2) is 4.98 Å². The Labute approximate surface area is 177 Å². The molecule has 0 saturated carbocycles. The summed E-state index contributed by atoms with van der Waals surface area (Å²) in [6.07, 6.45) is 3.57. The van der Waals surface area contributed by atoms with Crippen molar-refractivity contribution in [1.29, 1.82) is 0 Å². The van der Waals surface area contributed by atoms with Crippen LogP contribution in [0.4, 0.5) is 0 Å². The summed E-state index contributed by atoms with van der Waals surface area (Å²) in [7, 11) is 0. The van der Waals surface area contributed by atoms with Crippen LogP contribution in [0.15, 0.2) is 48.8 Å². The molecule has 0 spiro atoms. The van der Waals surface area contributed by atoms with Crippen molar-refractivity contribution in [3.05, 3.63) is 59.9 Å². The number of imidazole rings is 1. The summed E-state index contributed by atoms with van der Waals surface area (Å²) < 4.78 is 7.89. The molecule has 1 aliphatic rings. The van der Waals surface area contributed by atoms with Gasteiger partial charge in [-0.2, -0.15) is 0 Å². The van der Waals surface area contributed by atoms with Crippen LogP contribution in [0.3, 0.4) is 0 Å². The first-order valence-corrected chi connectivity index (χ1v) is 10.5. The highest BCUT2D eigenvalue weighted by Crippen LogP contribution is 2.25. The number of piperidine rings is 1. The summed E-state index contributed by atoms with van der Waals surface area (Å²) in [5.74, 6) is 0.805. The van der Waals surface area contributed by atoms with Crippen LogP contribution in [0, 0.1) is 13.8 Å². The van der Waals surface area contributed by atoms with E-state index >= 15 is 0 Å². The van der Waals surface area contributed by atoms with Crippen LogP contribution in [0.1, 0.15) is 30.4 Å². The smallest absolute Gasteiger partial charge is 0.224 e. The van der Waals surface area contributed by atoms with Crippen molar-refractivity contribution in [3.63, 3.8) is 0 Å². The third kappa shape index (κ3) is 4.49. The molecule has 0 aliphatic carbocycles. The number of carbonyl (C=O) groups is 1. The van der Waals surface area contributed by atoms with Gasteiger partial charge in [0.2, 0.25) is 5.91 Å². The van der Waals surface area contributed by atoms with E-state index in [0.717, 1.165) is 28.8 Å². The molecule has 1 fully saturated rings. The molecule has 1 saturated heterocycles. The molecule has 2 aromatic carbocycles. The number of hydrogen-bond donors (Lipinski definition) is 1. The van der Waals surface area contributed by atoms with Gasteiger partial charge >= 0.3 is 0 Å². The molecule has 1 N–H and O–H groups in total. The highest BCUT2D eigenvalue weighted by atomic mass is 16.5. The average molecular weight is 408 g/mol. The van der Waals surface area contributed by atoms with Gasteiger partial charge in [0.1, 0.15) is 18.0 Å². The maximum Gasteiger partial charge on any atom is 0.224 e. The van der Waals surface area contributed by atoms with E-state index in [1.165, 1.54) is 5.56 Å². The van der Waals surface area contributed by atoms with Gasteiger partial charge in [-0.3, -0.25) is 4.79 Å². The number of carbonyl (C=O) groups excluding carboxylic acids is 1. The van der Waals surface area contributed by atoms with Crippen molar-refractivity contribution in [1.82, 2.24) is 14.5 Å². The van der Waals surface area contributed by atoms with Crippen molar-refractivity contribution in [3.8, 4) is 5.75 Å². The molecule has 1 unspecified atom stereocenters. The van der Waals surface area contributed by atoms with Crippen LogP contribution < -0.4 is 4.74 Å². The normalized spacial score (nSPS) is 19.2. The lowest BCUT2D eigenvalue weighted by Crippen LogP contribution is -2.53. The van der Waals surface area contributed by atoms with Crippen molar-refractivity contribution < 1.29 is 14.6 Å². The van der Waals surface area contributed by atoms with Crippen molar-refractivity contribution in [2.24, 2.45) is 0 Å². The molecule has 2 heterocycles.